The van der Waals surface area contributed by atoms with E-state index in [-0.39, 0.29) is 11.7 Å². The predicted octanol–water partition coefficient (Wildman–Crippen LogP) is 4.52. The minimum atomic E-state index is -0.169. The summed E-state index contributed by atoms with van der Waals surface area (Å²) in [6.07, 6.45) is 0. The van der Waals surface area contributed by atoms with Gasteiger partial charge in [-0.1, -0.05) is 26.0 Å². The van der Waals surface area contributed by atoms with Crippen molar-refractivity contribution in [3.8, 4) is 0 Å². The summed E-state index contributed by atoms with van der Waals surface area (Å²) in [6.45, 7) is 8.59. The zero-order chi connectivity index (χ0) is 18.1. The van der Waals surface area contributed by atoms with Gasteiger partial charge in [-0.2, -0.15) is 5.10 Å². The second-order valence-corrected chi connectivity index (χ2v) is 7.61. The highest BCUT2D eigenvalue weighted by Gasteiger charge is 2.17. The number of thiophene rings is 1. The van der Waals surface area contributed by atoms with Crippen molar-refractivity contribution in [3.05, 3.63) is 46.5 Å². The predicted molar refractivity (Wildman–Crippen MR) is 102 cm³/mol. The number of benzene rings is 1. The molecule has 0 aliphatic rings. The normalized spacial score (nSPS) is 11.2. The Balaban J connectivity index is 1.87. The number of ketones is 1. The number of rotatable bonds is 5. The molecule has 0 spiro atoms. The highest BCUT2D eigenvalue weighted by molar-refractivity contribution is 7.20. The molecule has 2 aromatic heterocycles. The van der Waals surface area contributed by atoms with Crippen LogP contribution in [0.1, 0.15) is 46.5 Å². The van der Waals surface area contributed by atoms with Gasteiger partial charge in [-0.05, 0) is 38.0 Å². The topological polar surface area (TPSA) is 64.0 Å². The SMILES string of the molecule is CC(=O)c1cccc(NC(=O)c2cc3c(C)nn(CC(C)C)c3s2)c1. The van der Waals surface area contributed by atoms with Crippen molar-refractivity contribution in [1.29, 1.82) is 0 Å². The Morgan fingerprint density at radius 2 is 2.04 bits per heavy atom. The van der Waals surface area contributed by atoms with Crippen molar-refractivity contribution < 1.29 is 9.59 Å². The van der Waals surface area contributed by atoms with Crippen LogP contribution in [-0.2, 0) is 6.54 Å². The van der Waals surface area contributed by atoms with Crippen LogP contribution in [0.2, 0.25) is 0 Å². The Hall–Kier alpha value is -2.47. The molecule has 0 saturated heterocycles. The van der Waals surface area contributed by atoms with E-state index in [2.05, 4.69) is 24.3 Å². The van der Waals surface area contributed by atoms with Gasteiger partial charge in [0.05, 0.1) is 10.6 Å². The summed E-state index contributed by atoms with van der Waals surface area (Å²) in [4.78, 5) is 25.7. The molecule has 5 nitrogen and oxygen atoms in total. The van der Waals surface area contributed by atoms with Crippen molar-refractivity contribution in [2.75, 3.05) is 5.32 Å². The third-order valence-corrected chi connectivity index (χ3v) is 5.04. The van der Waals surface area contributed by atoms with Gasteiger partial charge >= 0.3 is 0 Å². The van der Waals surface area contributed by atoms with Gasteiger partial charge in [0, 0.05) is 23.2 Å². The number of fused-ring (bicyclic) bond motifs is 1. The Labute approximate surface area is 150 Å². The average Bonchev–Trinajstić information content (AvgIpc) is 3.09. The zero-order valence-corrected chi connectivity index (χ0v) is 15.6. The maximum atomic E-state index is 12.6. The second-order valence-electron chi connectivity index (χ2n) is 6.58. The van der Waals surface area contributed by atoms with E-state index in [1.54, 1.807) is 24.3 Å². The molecular formula is C19H21N3O2S. The molecule has 6 heteroatoms. The minimum absolute atomic E-state index is 0.0256. The molecule has 0 radical (unpaired) electrons. The van der Waals surface area contributed by atoms with Gasteiger partial charge in [0.15, 0.2) is 5.78 Å². The molecule has 1 N–H and O–H groups in total. The second kappa shape index (κ2) is 6.80. The highest BCUT2D eigenvalue weighted by atomic mass is 32.1. The van der Waals surface area contributed by atoms with Crippen LogP contribution in [0.4, 0.5) is 5.69 Å². The van der Waals surface area contributed by atoms with Crippen LogP contribution >= 0.6 is 11.3 Å². The summed E-state index contributed by atoms with van der Waals surface area (Å²) in [7, 11) is 0. The molecule has 0 unspecified atom stereocenters. The molecule has 0 bridgehead atoms. The quantitative estimate of drug-likeness (QED) is 0.685. The fourth-order valence-corrected chi connectivity index (χ4v) is 3.77. The van der Waals surface area contributed by atoms with Gasteiger partial charge < -0.3 is 5.32 Å². The molecule has 130 valence electrons. The molecule has 1 amide bonds. The molecule has 1 aromatic carbocycles. The summed E-state index contributed by atoms with van der Waals surface area (Å²) in [5.41, 5.74) is 2.14. The standard InChI is InChI=1S/C19H21N3O2S/c1-11(2)10-22-19-16(12(3)21-22)9-17(25-19)18(24)20-15-7-5-6-14(8-15)13(4)23/h5-9,11H,10H2,1-4H3,(H,20,24). The lowest BCUT2D eigenvalue weighted by molar-refractivity contribution is 0.101. The number of hydrogen-bond acceptors (Lipinski definition) is 4. The van der Waals surface area contributed by atoms with Crippen LogP contribution in [0.25, 0.3) is 10.2 Å². The number of carbonyl (C=O) groups is 2. The van der Waals surface area contributed by atoms with Gasteiger partial charge in [0.2, 0.25) is 0 Å². The lowest BCUT2D eigenvalue weighted by Gasteiger charge is -2.06. The molecule has 0 aliphatic carbocycles. The molecule has 3 rings (SSSR count). The summed E-state index contributed by atoms with van der Waals surface area (Å²) in [5, 5.41) is 8.46. The number of nitrogens with one attached hydrogen (secondary N) is 1. The van der Waals surface area contributed by atoms with Crippen LogP contribution in [-0.4, -0.2) is 21.5 Å². The van der Waals surface area contributed by atoms with Crippen molar-refractivity contribution in [3.63, 3.8) is 0 Å². The Kier molecular flexibility index (Phi) is 4.72. The smallest absolute Gasteiger partial charge is 0.265 e. The number of carbonyl (C=O) groups excluding carboxylic acids is 2. The number of amides is 1. The molecule has 25 heavy (non-hydrogen) atoms. The summed E-state index contributed by atoms with van der Waals surface area (Å²) < 4.78 is 1.98. The number of nitrogens with zero attached hydrogens (tertiary/aromatic N) is 2. The third kappa shape index (κ3) is 3.64. The largest absolute Gasteiger partial charge is 0.321 e. The zero-order valence-electron chi connectivity index (χ0n) is 14.8. The van der Waals surface area contributed by atoms with E-state index in [0.717, 1.165) is 22.5 Å². The fraction of sp³-hybridized carbons (Fsp3) is 0.316. The first-order valence-electron chi connectivity index (χ1n) is 8.24. The van der Waals surface area contributed by atoms with Gasteiger partial charge in [-0.25, -0.2) is 0 Å². The van der Waals surface area contributed by atoms with E-state index in [9.17, 15) is 9.59 Å². The fourth-order valence-electron chi connectivity index (χ4n) is 2.70. The molecule has 0 aliphatic heterocycles. The average molecular weight is 355 g/mol. The van der Waals surface area contributed by atoms with Crippen LogP contribution in [0.3, 0.4) is 0 Å². The molecule has 0 fully saturated rings. The molecule has 0 saturated carbocycles. The van der Waals surface area contributed by atoms with E-state index >= 15 is 0 Å². The maximum absolute atomic E-state index is 12.6. The number of aromatic nitrogens is 2. The van der Waals surface area contributed by atoms with Crippen molar-refractivity contribution in [2.45, 2.75) is 34.2 Å². The Morgan fingerprint density at radius 1 is 1.28 bits per heavy atom. The van der Waals surface area contributed by atoms with E-state index < -0.39 is 0 Å². The molecular weight excluding hydrogens is 334 g/mol. The lowest BCUT2D eigenvalue weighted by atomic mass is 10.1. The van der Waals surface area contributed by atoms with Gasteiger partial charge in [0.25, 0.3) is 5.91 Å². The summed E-state index contributed by atoms with van der Waals surface area (Å²) in [6, 6.07) is 8.87. The van der Waals surface area contributed by atoms with Crippen molar-refractivity contribution in [1.82, 2.24) is 9.78 Å². The van der Waals surface area contributed by atoms with Crippen molar-refractivity contribution >= 4 is 38.9 Å². The van der Waals surface area contributed by atoms with Crippen LogP contribution < -0.4 is 5.32 Å². The molecule has 2 heterocycles. The van der Waals surface area contributed by atoms with Gasteiger partial charge in [0.1, 0.15) is 4.83 Å². The van der Waals surface area contributed by atoms with Crippen molar-refractivity contribution in [2.24, 2.45) is 5.92 Å². The molecule has 3 aromatic rings. The van der Waals surface area contributed by atoms with Crippen LogP contribution in [0.15, 0.2) is 30.3 Å². The summed E-state index contributed by atoms with van der Waals surface area (Å²) in [5.74, 6) is 0.288. The van der Waals surface area contributed by atoms with E-state index in [1.807, 2.05) is 17.7 Å². The highest BCUT2D eigenvalue weighted by Crippen LogP contribution is 2.29. The first-order chi connectivity index (χ1) is 11.8. The van der Waals surface area contributed by atoms with Crippen LogP contribution in [0, 0.1) is 12.8 Å². The monoisotopic (exact) mass is 355 g/mol. The minimum Gasteiger partial charge on any atom is -0.321 e. The number of aryl methyl sites for hydroxylation is 1. The maximum Gasteiger partial charge on any atom is 0.265 e. The Morgan fingerprint density at radius 3 is 2.72 bits per heavy atom. The van der Waals surface area contributed by atoms with E-state index in [0.29, 0.717) is 22.0 Å². The molecule has 0 atom stereocenters. The number of anilines is 1. The number of hydrogen-bond donors (Lipinski definition) is 1. The first kappa shape index (κ1) is 17.4. The lowest BCUT2D eigenvalue weighted by Crippen LogP contribution is -2.10. The number of Topliss-reactive ketones (excluding diaryl/α,β-unsaturated/α-hetero) is 1. The first-order valence-corrected chi connectivity index (χ1v) is 9.06. The van der Waals surface area contributed by atoms with Crippen LogP contribution in [0.5, 0.6) is 0 Å². The third-order valence-electron chi connectivity index (χ3n) is 3.90. The van der Waals surface area contributed by atoms with Gasteiger partial charge in [-0.15, -0.1) is 11.3 Å². The van der Waals surface area contributed by atoms with Gasteiger partial charge in [-0.3, -0.25) is 14.3 Å². The Bertz CT molecular complexity index is 953. The van der Waals surface area contributed by atoms with E-state index in [4.69, 9.17) is 0 Å². The summed E-state index contributed by atoms with van der Waals surface area (Å²) >= 11 is 1.45. The van der Waals surface area contributed by atoms with E-state index in [1.165, 1.54) is 18.3 Å².